The highest BCUT2D eigenvalue weighted by atomic mass is 16.5. The molecule has 1 saturated heterocycles. The Bertz CT molecular complexity index is 515. The quantitative estimate of drug-likeness (QED) is 0.856. The third-order valence-corrected chi connectivity index (χ3v) is 4.53. The molecule has 2 atom stereocenters. The Morgan fingerprint density at radius 2 is 2.20 bits per heavy atom. The highest BCUT2D eigenvalue weighted by Gasteiger charge is 2.29. The van der Waals surface area contributed by atoms with Crippen LogP contribution in [-0.2, 0) is 0 Å². The van der Waals surface area contributed by atoms with Crippen molar-refractivity contribution < 1.29 is 9.53 Å². The molecule has 4 nitrogen and oxygen atoms in total. The van der Waals surface area contributed by atoms with Crippen LogP contribution in [0.15, 0.2) is 18.2 Å². The first-order chi connectivity index (χ1) is 9.66. The molecule has 4 heteroatoms. The first-order valence-electron chi connectivity index (χ1n) is 7.46. The lowest BCUT2D eigenvalue weighted by Crippen LogP contribution is -2.42. The SMILES string of the molecule is CC1CCN(C(=O)c2cccc3c2OCCN3)CC1C. The van der Waals surface area contributed by atoms with Crippen LogP contribution in [0, 0.1) is 11.8 Å². The van der Waals surface area contributed by atoms with E-state index in [-0.39, 0.29) is 5.91 Å². The van der Waals surface area contributed by atoms with Crippen molar-refractivity contribution in [3.8, 4) is 5.75 Å². The van der Waals surface area contributed by atoms with Crippen molar-refractivity contribution in [1.29, 1.82) is 0 Å². The van der Waals surface area contributed by atoms with Gasteiger partial charge >= 0.3 is 0 Å². The number of likely N-dealkylation sites (tertiary alicyclic amines) is 1. The van der Waals surface area contributed by atoms with E-state index >= 15 is 0 Å². The van der Waals surface area contributed by atoms with Gasteiger partial charge in [0.15, 0.2) is 5.75 Å². The normalized spacial score (nSPS) is 25.4. The molecule has 2 heterocycles. The molecule has 2 aliphatic rings. The predicted octanol–water partition coefficient (Wildman–Crippen LogP) is 2.61. The van der Waals surface area contributed by atoms with Crippen molar-refractivity contribution in [2.45, 2.75) is 20.3 Å². The first kappa shape index (κ1) is 13.3. The lowest BCUT2D eigenvalue weighted by molar-refractivity contribution is 0.0623. The number of fused-ring (bicyclic) bond motifs is 1. The van der Waals surface area contributed by atoms with Gasteiger partial charge in [0, 0.05) is 19.6 Å². The molecule has 0 spiro atoms. The van der Waals surface area contributed by atoms with E-state index in [1.54, 1.807) is 0 Å². The molecule has 1 amide bonds. The fraction of sp³-hybridized carbons (Fsp3) is 0.562. The summed E-state index contributed by atoms with van der Waals surface area (Å²) in [6, 6.07) is 5.76. The molecule has 0 aliphatic carbocycles. The number of benzene rings is 1. The number of hydrogen-bond donors (Lipinski definition) is 1. The maximum Gasteiger partial charge on any atom is 0.257 e. The molecule has 0 bridgehead atoms. The van der Waals surface area contributed by atoms with Crippen molar-refractivity contribution in [2.75, 3.05) is 31.6 Å². The van der Waals surface area contributed by atoms with Crippen LogP contribution in [0.5, 0.6) is 5.75 Å². The number of anilines is 1. The maximum absolute atomic E-state index is 12.7. The van der Waals surface area contributed by atoms with Gasteiger partial charge in [-0.2, -0.15) is 0 Å². The van der Waals surface area contributed by atoms with Crippen LogP contribution < -0.4 is 10.1 Å². The van der Waals surface area contributed by atoms with E-state index in [2.05, 4.69) is 19.2 Å². The van der Waals surface area contributed by atoms with Crippen LogP contribution >= 0.6 is 0 Å². The molecule has 0 saturated carbocycles. The second-order valence-corrected chi connectivity index (χ2v) is 5.95. The standard InChI is InChI=1S/C16H22N2O2/c1-11-6-8-18(10-12(11)2)16(19)13-4-3-5-14-15(13)20-9-7-17-14/h3-5,11-12,17H,6-10H2,1-2H3. The van der Waals surface area contributed by atoms with Gasteiger partial charge in [-0.15, -0.1) is 0 Å². The molecule has 0 aromatic heterocycles. The second-order valence-electron chi connectivity index (χ2n) is 5.95. The minimum atomic E-state index is 0.101. The van der Waals surface area contributed by atoms with Crippen LogP contribution in [0.1, 0.15) is 30.6 Å². The maximum atomic E-state index is 12.7. The smallest absolute Gasteiger partial charge is 0.257 e. The second kappa shape index (κ2) is 5.35. The van der Waals surface area contributed by atoms with E-state index in [0.29, 0.717) is 24.0 Å². The molecular weight excluding hydrogens is 252 g/mol. The summed E-state index contributed by atoms with van der Waals surface area (Å²) in [5.74, 6) is 2.08. The highest BCUT2D eigenvalue weighted by Crippen LogP contribution is 2.33. The molecule has 1 aromatic rings. The van der Waals surface area contributed by atoms with E-state index in [1.807, 2.05) is 23.1 Å². The first-order valence-corrected chi connectivity index (χ1v) is 7.46. The number of para-hydroxylation sites is 1. The van der Waals surface area contributed by atoms with Gasteiger partial charge in [0.05, 0.1) is 11.3 Å². The summed E-state index contributed by atoms with van der Waals surface area (Å²) in [6.45, 7) is 7.60. The number of carbonyl (C=O) groups is 1. The molecule has 0 radical (unpaired) electrons. The Hall–Kier alpha value is -1.71. The lowest BCUT2D eigenvalue weighted by atomic mass is 9.88. The van der Waals surface area contributed by atoms with Gasteiger partial charge in [0.1, 0.15) is 6.61 Å². The summed E-state index contributed by atoms with van der Waals surface area (Å²) in [6.07, 6.45) is 1.08. The molecular formula is C16H22N2O2. The van der Waals surface area contributed by atoms with E-state index in [9.17, 15) is 4.79 Å². The van der Waals surface area contributed by atoms with Gasteiger partial charge in [-0.05, 0) is 30.4 Å². The Kier molecular flexibility index (Phi) is 3.55. The van der Waals surface area contributed by atoms with Crippen LogP contribution in [-0.4, -0.2) is 37.0 Å². The third-order valence-electron chi connectivity index (χ3n) is 4.53. The molecule has 2 unspecified atom stereocenters. The minimum Gasteiger partial charge on any atom is -0.489 e. The summed E-state index contributed by atoms with van der Waals surface area (Å²) in [5.41, 5.74) is 1.62. The fourth-order valence-corrected chi connectivity index (χ4v) is 2.96. The number of hydrogen-bond acceptors (Lipinski definition) is 3. The third kappa shape index (κ3) is 2.35. The zero-order valence-electron chi connectivity index (χ0n) is 12.2. The number of ether oxygens (including phenoxy) is 1. The average Bonchev–Trinajstić information content (AvgIpc) is 2.49. The molecule has 1 aromatic carbocycles. The Balaban J connectivity index is 1.84. The molecule has 3 rings (SSSR count). The average molecular weight is 274 g/mol. The van der Waals surface area contributed by atoms with Crippen LogP contribution in [0.2, 0.25) is 0 Å². The van der Waals surface area contributed by atoms with E-state index in [1.165, 1.54) is 0 Å². The van der Waals surface area contributed by atoms with Gasteiger partial charge < -0.3 is 15.0 Å². The zero-order chi connectivity index (χ0) is 14.1. The topological polar surface area (TPSA) is 41.6 Å². The van der Waals surface area contributed by atoms with Gasteiger partial charge in [-0.25, -0.2) is 0 Å². The van der Waals surface area contributed by atoms with Crippen molar-refractivity contribution in [1.82, 2.24) is 4.90 Å². The molecule has 1 N–H and O–H groups in total. The number of carbonyl (C=O) groups excluding carboxylic acids is 1. The highest BCUT2D eigenvalue weighted by molar-refractivity contribution is 5.99. The van der Waals surface area contributed by atoms with Crippen LogP contribution in [0.3, 0.4) is 0 Å². The lowest BCUT2D eigenvalue weighted by Gasteiger charge is -2.35. The molecule has 1 fully saturated rings. The Morgan fingerprint density at radius 1 is 1.35 bits per heavy atom. The van der Waals surface area contributed by atoms with E-state index < -0.39 is 0 Å². The Labute approximate surface area is 120 Å². The summed E-state index contributed by atoms with van der Waals surface area (Å²) in [7, 11) is 0. The monoisotopic (exact) mass is 274 g/mol. The summed E-state index contributed by atoms with van der Waals surface area (Å²) in [4.78, 5) is 14.7. The predicted molar refractivity (Wildman–Crippen MR) is 79.3 cm³/mol. The fourth-order valence-electron chi connectivity index (χ4n) is 2.96. The number of nitrogens with zero attached hydrogens (tertiary/aromatic N) is 1. The van der Waals surface area contributed by atoms with E-state index in [4.69, 9.17) is 4.74 Å². The zero-order valence-corrected chi connectivity index (χ0v) is 12.2. The van der Waals surface area contributed by atoms with Gasteiger partial charge in [-0.3, -0.25) is 4.79 Å². The Morgan fingerprint density at radius 3 is 3.00 bits per heavy atom. The minimum absolute atomic E-state index is 0.101. The largest absolute Gasteiger partial charge is 0.489 e. The summed E-state index contributed by atoms with van der Waals surface area (Å²) >= 11 is 0. The number of rotatable bonds is 1. The van der Waals surface area contributed by atoms with Gasteiger partial charge in [0.2, 0.25) is 0 Å². The summed E-state index contributed by atoms with van der Waals surface area (Å²) < 4.78 is 5.70. The molecule has 2 aliphatic heterocycles. The van der Waals surface area contributed by atoms with Gasteiger partial charge in [0.25, 0.3) is 5.91 Å². The van der Waals surface area contributed by atoms with Crippen LogP contribution in [0.25, 0.3) is 0 Å². The molecule has 108 valence electrons. The van der Waals surface area contributed by atoms with Crippen LogP contribution in [0.4, 0.5) is 5.69 Å². The molecule has 20 heavy (non-hydrogen) atoms. The van der Waals surface area contributed by atoms with E-state index in [0.717, 1.165) is 37.5 Å². The van der Waals surface area contributed by atoms with Crippen molar-refractivity contribution in [2.24, 2.45) is 11.8 Å². The van der Waals surface area contributed by atoms with Crippen molar-refractivity contribution in [3.63, 3.8) is 0 Å². The van der Waals surface area contributed by atoms with Crippen molar-refractivity contribution >= 4 is 11.6 Å². The number of amides is 1. The van der Waals surface area contributed by atoms with Crippen molar-refractivity contribution in [3.05, 3.63) is 23.8 Å². The summed E-state index contributed by atoms with van der Waals surface area (Å²) in [5, 5.41) is 3.28. The number of nitrogens with one attached hydrogen (secondary N) is 1. The number of piperidine rings is 1. The van der Waals surface area contributed by atoms with Gasteiger partial charge in [-0.1, -0.05) is 19.9 Å².